The Morgan fingerprint density at radius 1 is 1.33 bits per heavy atom. The largest absolute Gasteiger partial charge is 0.309 e. The van der Waals surface area contributed by atoms with Crippen molar-refractivity contribution >= 4 is 11.3 Å². The van der Waals surface area contributed by atoms with Crippen LogP contribution in [0.5, 0.6) is 0 Å². The number of hydrogen-bond donors (Lipinski definition) is 1. The quantitative estimate of drug-likeness (QED) is 0.732. The molecule has 0 aliphatic heterocycles. The highest BCUT2D eigenvalue weighted by Crippen LogP contribution is 2.23. The maximum atomic E-state index is 3.66. The van der Waals surface area contributed by atoms with E-state index in [2.05, 4.69) is 43.6 Å². The molecule has 86 valence electrons. The van der Waals surface area contributed by atoms with E-state index in [0.29, 0.717) is 6.04 Å². The van der Waals surface area contributed by atoms with Crippen molar-refractivity contribution in [1.82, 2.24) is 5.32 Å². The summed E-state index contributed by atoms with van der Waals surface area (Å²) in [5, 5.41) is 5.83. The Morgan fingerprint density at radius 3 is 2.67 bits per heavy atom. The SMILES string of the molecule is CCCC(NCCC(C)C)c1cccs1. The minimum atomic E-state index is 0.578. The zero-order valence-corrected chi connectivity index (χ0v) is 10.9. The molecule has 1 atom stereocenters. The summed E-state index contributed by atoms with van der Waals surface area (Å²) in [6.45, 7) is 7.95. The molecular weight excluding hydrogens is 202 g/mol. The Labute approximate surface area is 97.9 Å². The van der Waals surface area contributed by atoms with Crippen molar-refractivity contribution in [2.75, 3.05) is 6.54 Å². The summed E-state index contributed by atoms with van der Waals surface area (Å²) in [5.74, 6) is 0.795. The van der Waals surface area contributed by atoms with Gasteiger partial charge in [0.05, 0.1) is 0 Å². The topological polar surface area (TPSA) is 12.0 Å². The zero-order chi connectivity index (χ0) is 11.1. The van der Waals surface area contributed by atoms with Crippen molar-refractivity contribution in [3.05, 3.63) is 22.4 Å². The van der Waals surface area contributed by atoms with E-state index >= 15 is 0 Å². The summed E-state index contributed by atoms with van der Waals surface area (Å²) in [6, 6.07) is 4.97. The molecule has 0 aliphatic carbocycles. The van der Waals surface area contributed by atoms with Crippen molar-refractivity contribution < 1.29 is 0 Å². The van der Waals surface area contributed by atoms with Crippen molar-refractivity contribution in [3.63, 3.8) is 0 Å². The van der Waals surface area contributed by atoms with Gasteiger partial charge in [-0.05, 0) is 36.8 Å². The summed E-state index contributed by atoms with van der Waals surface area (Å²) >= 11 is 1.87. The maximum Gasteiger partial charge on any atom is 0.0414 e. The lowest BCUT2D eigenvalue weighted by Gasteiger charge is -2.17. The molecule has 1 unspecified atom stereocenters. The van der Waals surface area contributed by atoms with E-state index in [4.69, 9.17) is 0 Å². The molecule has 0 saturated heterocycles. The minimum Gasteiger partial charge on any atom is -0.309 e. The van der Waals surface area contributed by atoms with Crippen molar-refractivity contribution in [1.29, 1.82) is 0 Å². The predicted molar refractivity (Wildman–Crippen MR) is 69.4 cm³/mol. The number of rotatable bonds is 7. The van der Waals surface area contributed by atoms with Gasteiger partial charge in [-0.3, -0.25) is 0 Å². The number of thiophene rings is 1. The highest BCUT2D eigenvalue weighted by Gasteiger charge is 2.10. The third kappa shape index (κ3) is 4.80. The van der Waals surface area contributed by atoms with Crippen LogP contribution in [0.3, 0.4) is 0 Å². The summed E-state index contributed by atoms with van der Waals surface area (Å²) in [7, 11) is 0. The van der Waals surface area contributed by atoms with Gasteiger partial charge >= 0.3 is 0 Å². The van der Waals surface area contributed by atoms with E-state index in [1.54, 1.807) is 0 Å². The smallest absolute Gasteiger partial charge is 0.0414 e. The highest BCUT2D eigenvalue weighted by atomic mass is 32.1. The third-order valence-corrected chi connectivity index (χ3v) is 3.56. The standard InChI is InChI=1S/C13H23NS/c1-4-6-12(13-7-5-10-15-13)14-9-8-11(2)3/h5,7,10-12,14H,4,6,8-9H2,1-3H3. The van der Waals surface area contributed by atoms with Crippen LogP contribution in [0, 0.1) is 5.92 Å². The van der Waals surface area contributed by atoms with Crippen LogP contribution in [0.15, 0.2) is 17.5 Å². The van der Waals surface area contributed by atoms with Crippen LogP contribution in [-0.4, -0.2) is 6.54 Å². The van der Waals surface area contributed by atoms with E-state index in [0.717, 1.165) is 12.5 Å². The van der Waals surface area contributed by atoms with Crippen molar-refractivity contribution in [3.8, 4) is 0 Å². The van der Waals surface area contributed by atoms with Crippen LogP contribution >= 0.6 is 11.3 Å². The first-order valence-corrected chi connectivity index (χ1v) is 6.88. The Bertz CT molecular complexity index is 241. The molecule has 0 radical (unpaired) electrons. The van der Waals surface area contributed by atoms with E-state index < -0.39 is 0 Å². The fourth-order valence-electron chi connectivity index (χ4n) is 1.67. The van der Waals surface area contributed by atoms with Gasteiger partial charge in [-0.15, -0.1) is 11.3 Å². The van der Waals surface area contributed by atoms with E-state index in [9.17, 15) is 0 Å². The predicted octanol–water partition coefficient (Wildman–Crippen LogP) is 4.23. The van der Waals surface area contributed by atoms with E-state index in [-0.39, 0.29) is 0 Å². The lowest BCUT2D eigenvalue weighted by Crippen LogP contribution is -2.22. The van der Waals surface area contributed by atoms with Gasteiger partial charge < -0.3 is 5.32 Å². The second-order valence-corrected chi connectivity index (χ2v) is 5.47. The molecule has 1 nitrogen and oxygen atoms in total. The normalized spacial score (nSPS) is 13.3. The third-order valence-electron chi connectivity index (χ3n) is 2.58. The van der Waals surface area contributed by atoms with Gasteiger partial charge in [0.15, 0.2) is 0 Å². The minimum absolute atomic E-state index is 0.578. The molecule has 1 aromatic heterocycles. The summed E-state index contributed by atoms with van der Waals surface area (Å²) in [5.41, 5.74) is 0. The van der Waals surface area contributed by atoms with Crippen LogP contribution in [0.2, 0.25) is 0 Å². The monoisotopic (exact) mass is 225 g/mol. The molecule has 1 rings (SSSR count). The Kier molecular flexibility index (Phi) is 5.96. The summed E-state index contributed by atoms with van der Waals surface area (Å²) < 4.78 is 0. The fraction of sp³-hybridized carbons (Fsp3) is 0.692. The fourth-order valence-corrected chi connectivity index (χ4v) is 2.51. The van der Waals surface area contributed by atoms with Crippen LogP contribution in [-0.2, 0) is 0 Å². The molecule has 0 fully saturated rings. The Hall–Kier alpha value is -0.340. The molecule has 1 N–H and O–H groups in total. The average molecular weight is 225 g/mol. The van der Waals surface area contributed by atoms with Crippen molar-refractivity contribution in [2.45, 2.75) is 46.1 Å². The summed E-state index contributed by atoms with van der Waals surface area (Å²) in [6.07, 6.45) is 3.77. The molecule has 0 saturated carbocycles. The van der Waals surface area contributed by atoms with Gasteiger partial charge in [-0.2, -0.15) is 0 Å². The summed E-state index contributed by atoms with van der Waals surface area (Å²) in [4.78, 5) is 1.49. The molecule has 1 aromatic rings. The van der Waals surface area contributed by atoms with Gasteiger partial charge in [0.25, 0.3) is 0 Å². The van der Waals surface area contributed by atoms with Gasteiger partial charge in [0.1, 0.15) is 0 Å². The van der Waals surface area contributed by atoms with Gasteiger partial charge in [0.2, 0.25) is 0 Å². The van der Waals surface area contributed by atoms with Crippen molar-refractivity contribution in [2.24, 2.45) is 5.92 Å². The molecule has 2 heteroatoms. The van der Waals surface area contributed by atoms with E-state index in [1.165, 1.54) is 24.1 Å². The molecular formula is C13H23NS. The lowest BCUT2D eigenvalue weighted by molar-refractivity contribution is 0.460. The molecule has 1 heterocycles. The van der Waals surface area contributed by atoms with Crippen LogP contribution < -0.4 is 5.32 Å². The zero-order valence-electron chi connectivity index (χ0n) is 10.1. The first-order valence-electron chi connectivity index (χ1n) is 6.00. The van der Waals surface area contributed by atoms with Gasteiger partial charge in [0, 0.05) is 10.9 Å². The maximum absolute atomic E-state index is 3.66. The van der Waals surface area contributed by atoms with Crippen LogP contribution in [0.25, 0.3) is 0 Å². The van der Waals surface area contributed by atoms with Crippen LogP contribution in [0.4, 0.5) is 0 Å². The first kappa shape index (κ1) is 12.7. The molecule has 0 spiro atoms. The van der Waals surface area contributed by atoms with Gasteiger partial charge in [-0.1, -0.05) is 33.3 Å². The highest BCUT2D eigenvalue weighted by molar-refractivity contribution is 7.10. The van der Waals surface area contributed by atoms with E-state index in [1.807, 2.05) is 11.3 Å². The molecule has 0 aliphatic rings. The number of nitrogens with one attached hydrogen (secondary N) is 1. The first-order chi connectivity index (χ1) is 7.24. The second-order valence-electron chi connectivity index (χ2n) is 4.49. The second kappa shape index (κ2) is 7.02. The molecule has 0 bridgehead atoms. The van der Waals surface area contributed by atoms with Gasteiger partial charge in [-0.25, -0.2) is 0 Å². The Balaban J connectivity index is 2.38. The Morgan fingerprint density at radius 2 is 2.13 bits per heavy atom. The lowest BCUT2D eigenvalue weighted by atomic mass is 10.1. The number of hydrogen-bond acceptors (Lipinski definition) is 2. The molecule has 0 aromatic carbocycles. The molecule has 15 heavy (non-hydrogen) atoms. The van der Waals surface area contributed by atoms with Crippen LogP contribution in [0.1, 0.15) is 51.0 Å². The molecule has 0 amide bonds. The average Bonchev–Trinajstić information content (AvgIpc) is 2.68.